The van der Waals surface area contributed by atoms with Crippen molar-refractivity contribution < 1.29 is 13.2 Å². The molecule has 1 N–H and O–H groups in total. The lowest BCUT2D eigenvalue weighted by atomic mass is 10.0. The van der Waals surface area contributed by atoms with E-state index >= 15 is 0 Å². The van der Waals surface area contributed by atoms with Gasteiger partial charge in [-0.05, 0) is 50.9 Å². The van der Waals surface area contributed by atoms with E-state index in [1.807, 2.05) is 11.9 Å². The summed E-state index contributed by atoms with van der Waals surface area (Å²) in [5, 5.41) is 3.25. The second-order valence-electron chi connectivity index (χ2n) is 6.85. The van der Waals surface area contributed by atoms with Gasteiger partial charge in [0, 0.05) is 37.8 Å². The number of benzene rings is 1. The van der Waals surface area contributed by atoms with E-state index < -0.39 is 10.0 Å². The number of nitrogens with zero attached hydrogens (tertiary/aromatic N) is 2. The highest BCUT2D eigenvalue weighted by Gasteiger charge is 2.28. The standard InChI is InChI=1S/C18H27N3O3S.ClH/c1-19-16-8-12-20(13-9-16)18(22)15-6-5-7-17(14-15)25(23,24)21-10-3-2-4-11-21;/h5-7,14,16,19H,2-4,8-13H2,1H3;1H. The molecule has 2 heterocycles. The average molecular weight is 402 g/mol. The van der Waals surface area contributed by atoms with Gasteiger partial charge >= 0.3 is 0 Å². The molecule has 1 aromatic carbocycles. The van der Waals surface area contributed by atoms with Crippen molar-refractivity contribution in [3.8, 4) is 0 Å². The minimum atomic E-state index is -3.51. The maximum Gasteiger partial charge on any atom is 0.253 e. The van der Waals surface area contributed by atoms with E-state index in [4.69, 9.17) is 0 Å². The van der Waals surface area contributed by atoms with Gasteiger partial charge in [0.05, 0.1) is 4.90 Å². The van der Waals surface area contributed by atoms with Crippen LogP contribution in [-0.2, 0) is 10.0 Å². The molecule has 146 valence electrons. The molecule has 2 fully saturated rings. The zero-order valence-corrected chi connectivity index (χ0v) is 16.8. The van der Waals surface area contributed by atoms with Crippen LogP contribution in [0.1, 0.15) is 42.5 Å². The van der Waals surface area contributed by atoms with Crippen LogP contribution in [0.25, 0.3) is 0 Å². The average Bonchev–Trinajstić information content (AvgIpc) is 2.68. The fourth-order valence-corrected chi connectivity index (χ4v) is 5.16. The molecule has 0 aromatic heterocycles. The molecule has 0 bridgehead atoms. The molecular formula is C18H28ClN3O3S. The van der Waals surface area contributed by atoms with Crippen molar-refractivity contribution in [1.29, 1.82) is 0 Å². The Bertz CT molecular complexity index is 712. The number of rotatable bonds is 4. The molecule has 0 unspecified atom stereocenters. The number of sulfonamides is 1. The predicted molar refractivity (Wildman–Crippen MR) is 104 cm³/mol. The number of hydrogen-bond donors (Lipinski definition) is 1. The highest BCUT2D eigenvalue weighted by molar-refractivity contribution is 7.89. The van der Waals surface area contributed by atoms with Crippen molar-refractivity contribution in [3.63, 3.8) is 0 Å². The van der Waals surface area contributed by atoms with Gasteiger partial charge in [0.15, 0.2) is 0 Å². The summed E-state index contributed by atoms with van der Waals surface area (Å²) in [6, 6.07) is 6.96. The zero-order valence-electron chi connectivity index (χ0n) is 15.2. The van der Waals surface area contributed by atoms with Crippen molar-refractivity contribution >= 4 is 28.3 Å². The first-order valence-corrected chi connectivity index (χ1v) is 10.5. The first-order valence-electron chi connectivity index (χ1n) is 9.09. The summed E-state index contributed by atoms with van der Waals surface area (Å²) in [6.45, 7) is 2.54. The van der Waals surface area contributed by atoms with Crippen molar-refractivity contribution in [2.45, 2.75) is 43.0 Å². The van der Waals surface area contributed by atoms with Gasteiger partial charge in [0.2, 0.25) is 10.0 Å². The lowest BCUT2D eigenvalue weighted by Gasteiger charge is -2.32. The number of carbonyl (C=O) groups is 1. The number of nitrogens with one attached hydrogen (secondary N) is 1. The van der Waals surface area contributed by atoms with Gasteiger partial charge in [0.1, 0.15) is 0 Å². The number of likely N-dealkylation sites (tertiary alicyclic amines) is 1. The lowest BCUT2D eigenvalue weighted by Crippen LogP contribution is -2.44. The Balaban J connectivity index is 0.00000243. The molecule has 1 aromatic rings. The van der Waals surface area contributed by atoms with Gasteiger partial charge in [-0.1, -0.05) is 12.5 Å². The smallest absolute Gasteiger partial charge is 0.253 e. The third-order valence-corrected chi connectivity index (χ3v) is 7.12. The maximum absolute atomic E-state index is 12.8. The van der Waals surface area contributed by atoms with Crippen LogP contribution in [0.2, 0.25) is 0 Å². The third kappa shape index (κ3) is 4.57. The number of carbonyl (C=O) groups excluding carboxylic acids is 1. The SMILES string of the molecule is CNC1CCN(C(=O)c2cccc(S(=O)(=O)N3CCCCC3)c2)CC1.Cl. The molecule has 2 aliphatic heterocycles. The third-order valence-electron chi connectivity index (χ3n) is 5.22. The topological polar surface area (TPSA) is 69.7 Å². The van der Waals surface area contributed by atoms with Gasteiger partial charge < -0.3 is 10.2 Å². The molecule has 0 spiro atoms. The van der Waals surface area contributed by atoms with Crippen LogP contribution in [0, 0.1) is 0 Å². The van der Waals surface area contributed by atoms with Crippen molar-refractivity contribution in [2.24, 2.45) is 0 Å². The molecule has 3 rings (SSSR count). The number of hydrogen-bond acceptors (Lipinski definition) is 4. The molecule has 2 saturated heterocycles. The number of amides is 1. The van der Waals surface area contributed by atoms with E-state index in [1.54, 1.807) is 22.5 Å². The van der Waals surface area contributed by atoms with Crippen LogP contribution in [0.3, 0.4) is 0 Å². The van der Waals surface area contributed by atoms with E-state index in [-0.39, 0.29) is 23.2 Å². The molecule has 2 aliphatic rings. The Morgan fingerprint density at radius 1 is 1.08 bits per heavy atom. The van der Waals surface area contributed by atoms with Crippen LogP contribution in [-0.4, -0.2) is 62.8 Å². The fraction of sp³-hybridized carbons (Fsp3) is 0.611. The quantitative estimate of drug-likeness (QED) is 0.838. The maximum atomic E-state index is 12.8. The second-order valence-corrected chi connectivity index (χ2v) is 8.79. The molecule has 6 nitrogen and oxygen atoms in total. The summed E-state index contributed by atoms with van der Waals surface area (Å²) in [5.74, 6) is -0.0785. The Morgan fingerprint density at radius 2 is 1.73 bits per heavy atom. The molecule has 1 amide bonds. The van der Waals surface area contributed by atoms with Crippen LogP contribution >= 0.6 is 12.4 Å². The summed E-state index contributed by atoms with van der Waals surface area (Å²) >= 11 is 0. The number of piperidine rings is 2. The van der Waals surface area contributed by atoms with Gasteiger partial charge in [-0.15, -0.1) is 12.4 Å². The summed E-state index contributed by atoms with van der Waals surface area (Å²) < 4.78 is 27.2. The molecular weight excluding hydrogens is 374 g/mol. The summed E-state index contributed by atoms with van der Waals surface area (Å²) in [5.41, 5.74) is 0.459. The highest BCUT2D eigenvalue weighted by Crippen LogP contribution is 2.22. The van der Waals surface area contributed by atoms with E-state index in [0.717, 1.165) is 32.1 Å². The second kappa shape index (κ2) is 9.17. The molecule has 0 saturated carbocycles. The Hall–Kier alpha value is -1.15. The Kier molecular flexibility index (Phi) is 7.46. The van der Waals surface area contributed by atoms with E-state index in [0.29, 0.717) is 37.8 Å². The van der Waals surface area contributed by atoms with E-state index in [1.165, 1.54) is 6.07 Å². The summed E-state index contributed by atoms with van der Waals surface area (Å²) in [4.78, 5) is 14.8. The van der Waals surface area contributed by atoms with Gasteiger partial charge in [-0.2, -0.15) is 4.31 Å². The fourth-order valence-electron chi connectivity index (χ4n) is 3.60. The van der Waals surface area contributed by atoms with Crippen LogP contribution in [0.15, 0.2) is 29.2 Å². The normalized spacial score (nSPS) is 19.8. The molecule has 0 aliphatic carbocycles. The van der Waals surface area contributed by atoms with E-state index in [9.17, 15) is 13.2 Å². The monoisotopic (exact) mass is 401 g/mol. The van der Waals surface area contributed by atoms with Crippen LogP contribution in [0.4, 0.5) is 0 Å². The zero-order chi connectivity index (χ0) is 17.9. The van der Waals surface area contributed by atoms with Gasteiger partial charge in [-0.3, -0.25) is 4.79 Å². The minimum absolute atomic E-state index is 0. The van der Waals surface area contributed by atoms with E-state index in [2.05, 4.69) is 5.32 Å². The molecule has 8 heteroatoms. The Labute approximate surface area is 162 Å². The predicted octanol–water partition coefficient (Wildman–Crippen LogP) is 2.11. The van der Waals surface area contributed by atoms with Gasteiger partial charge in [-0.25, -0.2) is 8.42 Å². The molecule has 0 atom stereocenters. The van der Waals surface area contributed by atoms with Gasteiger partial charge in [0.25, 0.3) is 5.91 Å². The summed E-state index contributed by atoms with van der Waals surface area (Å²) in [6.07, 6.45) is 4.73. The van der Waals surface area contributed by atoms with Crippen LogP contribution < -0.4 is 5.32 Å². The molecule has 26 heavy (non-hydrogen) atoms. The number of halogens is 1. The lowest BCUT2D eigenvalue weighted by molar-refractivity contribution is 0.0707. The van der Waals surface area contributed by atoms with Crippen molar-refractivity contribution in [2.75, 3.05) is 33.2 Å². The van der Waals surface area contributed by atoms with Crippen LogP contribution in [0.5, 0.6) is 0 Å². The first kappa shape index (κ1) is 21.2. The Morgan fingerprint density at radius 3 is 2.35 bits per heavy atom. The summed E-state index contributed by atoms with van der Waals surface area (Å²) in [7, 11) is -1.57. The van der Waals surface area contributed by atoms with Crippen molar-refractivity contribution in [3.05, 3.63) is 29.8 Å². The highest BCUT2D eigenvalue weighted by atomic mass is 35.5. The first-order chi connectivity index (χ1) is 12.0. The largest absolute Gasteiger partial charge is 0.339 e. The van der Waals surface area contributed by atoms with Crippen molar-refractivity contribution in [1.82, 2.24) is 14.5 Å². The minimum Gasteiger partial charge on any atom is -0.339 e. The molecule has 0 radical (unpaired) electrons.